The van der Waals surface area contributed by atoms with Crippen molar-refractivity contribution in [2.45, 2.75) is 43.5 Å². The van der Waals surface area contributed by atoms with E-state index >= 15 is 0 Å². The maximum absolute atomic E-state index is 12.7. The van der Waals surface area contributed by atoms with Crippen LogP contribution in [0, 0.1) is 6.92 Å². The molecular formula is C24H25N3O4S. The number of aryl methyl sites for hydroxylation is 1. The molecule has 0 unspecified atom stereocenters. The lowest BCUT2D eigenvalue weighted by atomic mass is 10.2. The first-order valence-electron chi connectivity index (χ1n) is 10.5. The number of rotatable bonds is 7. The zero-order valence-electron chi connectivity index (χ0n) is 17.7. The molecule has 1 aromatic heterocycles. The fourth-order valence-corrected chi connectivity index (χ4v) is 4.67. The minimum Gasteiger partial charge on any atom is -0.438 e. The van der Waals surface area contributed by atoms with Gasteiger partial charge < -0.3 is 10.1 Å². The van der Waals surface area contributed by atoms with Crippen LogP contribution >= 0.6 is 0 Å². The summed E-state index contributed by atoms with van der Waals surface area (Å²) in [6.07, 6.45) is 5.79. The van der Waals surface area contributed by atoms with Crippen molar-refractivity contribution in [3.8, 4) is 11.6 Å². The Morgan fingerprint density at radius 2 is 1.69 bits per heavy atom. The topological polar surface area (TPSA) is 97.4 Å². The number of ether oxygens (including phenoxy) is 1. The van der Waals surface area contributed by atoms with E-state index in [1.165, 1.54) is 0 Å². The minimum absolute atomic E-state index is 0.190. The Labute approximate surface area is 187 Å². The van der Waals surface area contributed by atoms with Gasteiger partial charge in [0.15, 0.2) is 0 Å². The highest BCUT2D eigenvalue weighted by molar-refractivity contribution is 7.92. The van der Waals surface area contributed by atoms with E-state index in [-0.39, 0.29) is 22.7 Å². The molecule has 0 radical (unpaired) electrons. The van der Waals surface area contributed by atoms with E-state index in [2.05, 4.69) is 15.0 Å². The maximum atomic E-state index is 12.7. The Kier molecular flexibility index (Phi) is 6.41. The predicted octanol–water partition coefficient (Wildman–Crippen LogP) is 4.66. The van der Waals surface area contributed by atoms with Gasteiger partial charge in [0.1, 0.15) is 11.3 Å². The summed E-state index contributed by atoms with van der Waals surface area (Å²) in [4.78, 5) is 17.1. The van der Waals surface area contributed by atoms with Crippen LogP contribution < -0.4 is 14.8 Å². The number of sulfonamides is 1. The fraction of sp³-hybridized carbons (Fsp3) is 0.250. The van der Waals surface area contributed by atoms with Crippen LogP contribution in [0.15, 0.2) is 71.8 Å². The number of hydrogen-bond donors (Lipinski definition) is 2. The smallest absolute Gasteiger partial charge is 0.261 e. The molecule has 1 heterocycles. The molecule has 0 saturated heterocycles. The highest BCUT2D eigenvalue weighted by atomic mass is 32.2. The van der Waals surface area contributed by atoms with Crippen molar-refractivity contribution in [3.05, 3.63) is 78.0 Å². The molecule has 7 nitrogen and oxygen atoms in total. The fourth-order valence-electron chi connectivity index (χ4n) is 3.61. The maximum Gasteiger partial charge on any atom is 0.261 e. The summed E-state index contributed by atoms with van der Waals surface area (Å²) < 4.78 is 33.5. The summed E-state index contributed by atoms with van der Waals surface area (Å²) in [6.45, 7) is 1.90. The summed E-state index contributed by atoms with van der Waals surface area (Å²) >= 11 is 0. The molecule has 32 heavy (non-hydrogen) atoms. The number of aromatic nitrogens is 1. The minimum atomic E-state index is -3.69. The van der Waals surface area contributed by atoms with Gasteiger partial charge in [-0.25, -0.2) is 13.4 Å². The summed E-state index contributed by atoms with van der Waals surface area (Å²) in [7, 11) is -3.69. The van der Waals surface area contributed by atoms with Crippen molar-refractivity contribution in [1.82, 2.24) is 10.3 Å². The molecule has 0 bridgehead atoms. The van der Waals surface area contributed by atoms with Gasteiger partial charge in [0, 0.05) is 17.9 Å². The first-order chi connectivity index (χ1) is 15.4. The molecule has 2 aromatic carbocycles. The highest BCUT2D eigenvalue weighted by Gasteiger charge is 2.21. The Morgan fingerprint density at radius 3 is 2.38 bits per heavy atom. The molecule has 1 fully saturated rings. The number of amides is 1. The molecule has 1 aliphatic carbocycles. The average Bonchev–Trinajstić information content (AvgIpc) is 3.28. The van der Waals surface area contributed by atoms with Gasteiger partial charge in [0.25, 0.3) is 15.9 Å². The van der Waals surface area contributed by atoms with Gasteiger partial charge in [-0.1, -0.05) is 30.5 Å². The standard InChI is InChI=1S/C24H25N3O4S/c1-17-8-14-21(15-9-17)32(29,30)27-19-10-12-20(13-11-19)31-24-22(7-4-16-25-24)23(28)26-18-5-2-3-6-18/h4,7-16,18,27H,2-3,5-6H2,1H3,(H,26,28). The third kappa shape index (κ3) is 5.26. The van der Waals surface area contributed by atoms with Crippen LogP contribution in [0.4, 0.5) is 5.69 Å². The third-order valence-corrected chi connectivity index (χ3v) is 6.76. The van der Waals surface area contributed by atoms with Gasteiger partial charge in [-0.2, -0.15) is 0 Å². The zero-order valence-corrected chi connectivity index (χ0v) is 18.6. The first kappa shape index (κ1) is 21.8. The lowest BCUT2D eigenvalue weighted by Crippen LogP contribution is -2.32. The molecule has 1 aliphatic rings. The van der Waals surface area contributed by atoms with Gasteiger partial charge in [0.05, 0.1) is 4.90 Å². The highest BCUT2D eigenvalue weighted by Crippen LogP contribution is 2.26. The van der Waals surface area contributed by atoms with E-state index in [0.29, 0.717) is 17.0 Å². The molecule has 166 valence electrons. The quantitative estimate of drug-likeness (QED) is 0.545. The third-order valence-electron chi connectivity index (χ3n) is 5.36. The van der Waals surface area contributed by atoms with Gasteiger partial charge >= 0.3 is 0 Å². The number of carbonyl (C=O) groups excluding carboxylic acids is 1. The number of anilines is 1. The van der Waals surface area contributed by atoms with Crippen molar-refractivity contribution in [2.24, 2.45) is 0 Å². The normalized spacial score (nSPS) is 14.2. The van der Waals surface area contributed by atoms with Crippen molar-refractivity contribution >= 4 is 21.6 Å². The average molecular weight is 452 g/mol. The molecule has 1 amide bonds. The van der Waals surface area contributed by atoms with E-state index in [4.69, 9.17) is 4.74 Å². The summed E-state index contributed by atoms with van der Waals surface area (Å²) in [6, 6.07) is 16.6. The molecule has 0 aliphatic heterocycles. The number of carbonyl (C=O) groups is 1. The van der Waals surface area contributed by atoms with Crippen LogP contribution in [0.25, 0.3) is 0 Å². The second-order valence-corrected chi connectivity index (χ2v) is 9.54. The van der Waals surface area contributed by atoms with E-state index < -0.39 is 10.0 Å². The van der Waals surface area contributed by atoms with Crippen LogP contribution in [0.3, 0.4) is 0 Å². The number of pyridine rings is 1. The van der Waals surface area contributed by atoms with E-state index in [1.807, 2.05) is 6.92 Å². The molecule has 0 atom stereocenters. The molecule has 3 aromatic rings. The Bertz CT molecular complexity index is 1190. The van der Waals surface area contributed by atoms with Crippen LogP contribution in [0.5, 0.6) is 11.6 Å². The monoisotopic (exact) mass is 451 g/mol. The summed E-state index contributed by atoms with van der Waals surface area (Å²) in [5, 5.41) is 3.04. The van der Waals surface area contributed by atoms with Crippen molar-refractivity contribution in [1.29, 1.82) is 0 Å². The number of nitrogens with zero attached hydrogens (tertiary/aromatic N) is 1. The molecular weight excluding hydrogens is 426 g/mol. The Hall–Kier alpha value is -3.39. The Balaban J connectivity index is 1.45. The number of nitrogens with one attached hydrogen (secondary N) is 2. The zero-order chi connectivity index (χ0) is 22.6. The van der Waals surface area contributed by atoms with E-state index in [1.54, 1.807) is 66.9 Å². The SMILES string of the molecule is Cc1ccc(S(=O)(=O)Nc2ccc(Oc3ncccc3C(=O)NC3CCCC3)cc2)cc1. The van der Waals surface area contributed by atoms with Gasteiger partial charge in [-0.05, 0) is 68.3 Å². The van der Waals surface area contributed by atoms with Gasteiger partial charge in [-0.15, -0.1) is 0 Å². The second-order valence-electron chi connectivity index (χ2n) is 7.86. The Morgan fingerprint density at radius 1 is 1.00 bits per heavy atom. The molecule has 1 saturated carbocycles. The second kappa shape index (κ2) is 9.40. The van der Waals surface area contributed by atoms with Crippen molar-refractivity contribution in [3.63, 3.8) is 0 Å². The van der Waals surface area contributed by atoms with Crippen LogP contribution in [-0.4, -0.2) is 25.4 Å². The van der Waals surface area contributed by atoms with Crippen LogP contribution in [0.2, 0.25) is 0 Å². The number of hydrogen-bond acceptors (Lipinski definition) is 5. The van der Waals surface area contributed by atoms with Gasteiger partial charge in [0.2, 0.25) is 5.88 Å². The lowest BCUT2D eigenvalue weighted by Gasteiger charge is -2.14. The van der Waals surface area contributed by atoms with Gasteiger partial charge in [-0.3, -0.25) is 9.52 Å². The van der Waals surface area contributed by atoms with Crippen LogP contribution in [0.1, 0.15) is 41.6 Å². The molecule has 0 spiro atoms. The first-order valence-corrected chi connectivity index (χ1v) is 12.0. The predicted molar refractivity (Wildman–Crippen MR) is 122 cm³/mol. The molecule has 4 rings (SSSR count). The summed E-state index contributed by atoms with van der Waals surface area (Å²) in [5.74, 6) is 0.440. The molecule has 8 heteroatoms. The largest absolute Gasteiger partial charge is 0.438 e. The molecule has 2 N–H and O–H groups in total. The number of benzene rings is 2. The summed E-state index contributed by atoms with van der Waals surface area (Å²) in [5.41, 5.74) is 1.75. The lowest BCUT2D eigenvalue weighted by molar-refractivity contribution is 0.0935. The van der Waals surface area contributed by atoms with Crippen LogP contribution in [-0.2, 0) is 10.0 Å². The van der Waals surface area contributed by atoms with E-state index in [0.717, 1.165) is 31.2 Å². The van der Waals surface area contributed by atoms with E-state index in [9.17, 15) is 13.2 Å². The van der Waals surface area contributed by atoms with Crippen molar-refractivity contribution in [2.75, 3.05) is 4.72 Å². The van der Waals surface area contributed by atoms with Crippen molar-refractivity contribution < 1.29 is 17.9 Å².